The minimum atomic E-state index is -3.57. The number of hydrogen-bond acceptors (Lipinski definition) is 4. The SMILES string of the molecule is Cc1cccc(N(CCCC(=O)N(Cc2ccccc2Cl)C(Cc2ccccc2)C(=O)NCC(C)C)S(C)(=O)=O)c1. The third-order valence-electron chi connectivity index (χ3n) is 6.70. The number of sulfonamides is 1. The molecule has 0 heterocycles. The Labute approximate surface area is 249 Å². The van der Waals surface area contributed by atoms with E-state index in [-0.39, 0.29) is 43.7 Å². The van der Waals surface area contributed by atoms with Crippen LogP contribution in [0, 0.1) is 12.8 Å². The molecule has 1 atom stereocenters. The van der Waals surface area contributed by atoms with Gasteiger partial charge in [0.1, 0.15) is 6.04 Å². The predicted octanol–water partition coefficient (Wildman–Crippen LogP) is 5.61. The van der Waals surface area contributed by atoms with Gasteiger partial charge in [-0.15, -0.1) is 0 Å². The lowest BCUT2D eigenvalue weighted by Gasteiger charge is -2.32. The number of benzene rings is 3. The Morgan fingerprint density at radius 1 is 0.951 bits per heavy atom. The first-order valence-corrected chi connectivity index (χ1v) is 16.1. The average Bonchev–Trinajstić information content (AvgIpc) is 2.92. The largest absolute Gasteiger partial charge is 0.354 e. The first kappa shape index (κ1) is 32.2. The minimum Gasteiger partial charge on any atom is -0.354 e. The highest BCUT2D eigenvalue weighted by molar-refractivity contribution is 7.92. The van der Waals surface area contributed by atoms with Crippen LogP contribution in [0.4, 0.5) is 5.69 Å². The second kappa shape index (κ2) is 15.0. The number of hydrogen-bond donors (Lipinski definition) is 1. The van der Waals surface area contributed by atoms with E-state index in [0.29, 0.717) is 23.7 Å². The fraction of sp³-hybridized carbons (Fsp3) is 0.375. The van der Waals surface area contributed by atoms with Crippen molar-refractivity contribution in [2.24, 2.45) is 5.92 Å². The summed E-state index contributed by atoms with van der Waals surface area (Å²) in [6.07, 6.45) is 1.84. The normalized spacial score (nSPS) is 12.1. The molecule has 0 bridgehead atoms. The zero-order valence-corrected chi connectivity index (χ0v) is 25.8. The summed E-state index contributed by atoms with van der Waals surface area (Å²) >= 11 is 6.48. The molecule has 0 aliphatic heterocycles. The molecule has 3 aromatic carbocycles. The van der Waals surface area contributed by atoms with Crippen LogP contribution in [0.2, 0.25) is 5.02 Å². The third kappa shape index (κ3) is 9.90. The van der Waals surface area contributed by atoms with Gasteiger partial charge in [-0.1, -0.05) is 86.1 Å². The van der Waals surface area contributed by atoms with Crippen LogP contribution < -0.4 is 9.62 Å². The molecule has 1 N–H and O–H groups in total. The van der Waals surface area contributed by atoms with Crippen LogP contribution >= 0.6 is 11.6 Å². The maximum absolute atomic E-state index is 13.9. The van der Waals surface area contributed by atoms with Crippen molar-refractivity contribution in [2.45, 2.75) is 52.6 Å². The highest BCUT2D eigenvalue weighted by Gasteiger charge is 2.31. The molecule has 0 aliphatic rings. The number of nitrogens with zero attached hydrogens (tertiary/aromatic N) is 2. The number of carbonyl (C=O) groups excluding carboxylic acids is 2. The van der Waals surface area contributed by atoms with Crippen LogP contribution in [0.15, 0.2) is 78.9 Å². The van der Waals surface area contributed by atoms with Crippen molar-refractivity contribution in [3.05, 3.63) is 101 Å². The highest BCUT2D eigenvalue weighted by atomic mass is 35.5. The van der Waals surface area contributed by atoms with Crippen LogP contribution in [0.1, 0.15) is 43.4 Å². The van der Waals surface area contributed by atoms with E-state index in [0.717, 1.165) is 22.9 Å². The van der Waals surface area contributed by atoms with Gasteiger partial charge in [0, 0.05) is 37.5 Å². The fourth-order valence-corrected chi connectivity index (χ4v) is 5.73. The van der Waals surface area contributed by atoms with Gasteiger partial charge < -0.3 is 10.2 Å². The van der Waals surface area contributed by atoms with E-state index in [2.05, 4.69) is 5.32 Å². The van der Waals surface area contributed by atoms with Crippen molar-refractivity contribution >= 4 is 39.1 Å². The standard InChI is InChI=1S/C32H40ClN3O4S/c1-24(2)22-34-32(38)30(21-26-13-6-5-7-14-26)35(23-27-15-8-9-17-29(27)33)31(37)18-11-19-36(41(4,39)40)28-16-10-12-25(3)20-28/h5-10,12-17,20,24,30H,11,18-19,21-23H2,1-4H3,(H,34,38). The van der Waals surface area contributed by atoms with Gasteiger partial charge in [0.15, 0.2) is 0 Å². The van der Waals surface area contributed by atoms with Crippen molar-refractivity contribution < 1.29 is 18.0 Å². The molecule has 1 unspecified atom stereocenters. The first-order chi connectivity index (χ1) is 19.5. The van der Waals surface area contributed by atoms with E-state index < -0.39 is 16.1 Å². The van der Waals surface area contributed by atoms with Crippen molar-refractivity contribution in [2.75, 3.05) is 23.7 Å². The second-order valence-corrected chi connectivity index (χ2v) is 13.0. The maximum Gasteiger partial charge on any atom is 0.243 e. The number of carbonyl (C=O) groups is 2. The van der Waals surface area contributed by atoms with Gasteiger partial charge in [-0.3, -0.25) is 13.9 Å². The average molecular weight is 598 g/mol. The van der Waals surface area contributed by atoms with Crippen molar-refractivity contribution in [3.63, 3.8) is 0 Å². The summed E-state index contributed by atoms with van der Waals surface area (Å²) in [5.41, 5.74) is 3.16. The van der Waals surface area contributed by atoms with E-state index in [1.165, 1.54) is 4.31 Å². The molecule has 0 fully saturated rings. The van der Waals surface area contributed by atoms with Gasteiger partial charge >= 0.3 is 0 Å². The Morgan fingerprint density at radius 2 is 1.63 bits per heavy atom. The molecular weight excluding hydrogens is 558 g/mol. The van der Waals surface area contributed by atoms with E-state index in [1.807, 2.05) is 87.5 Å². The molecule has 7 nitrogen and oxygen atoms in total. The van der Waals surface area contributed by atoms with Gasteiger partial charge in [0.05, 0.1) is 11.9 Å². The summed E-state index contributed by atoms with van der Waals surface area (Å²) in [6.45, 7) is 6.70. The zero-order valence-electron chi connectivity index (χ0n) is 24.2. The molecule has 0 aliphatic carbocycles. The second-order valence-electron chi connectivity index (χ2n) is 10.7. The lowest BCUT2D eigenvalue weighted by Crippen LogP contribution is -2.51. The molecular formula is C32H40ClN3O4S. The van der Waals surface area contributed by atoms with Crippen LogP contribution in [-0.2, 0) is 32.6 Å². The monoisotopic (exact) mass is 597 g/mol. The maximum atomic E-state index is 13.9. The van der Waals surface area contributed by atoms with Gasteiger partial charge in [-0.2, -0.15) is 0 Å². The first-order valence-electron chi connectivity index (χ1n) is 13.8. The molecule has 0 spiro atoms. The van der Waals surface area contributed by atoms with Crippen LogP contribution in [0.25, 0.3) is 0 Å². The molecule has 0 aromatic heterocycles. The van der Waals surface area contributed by atoms with E-state index in [4.69, 9.17) is 11.6 Å². The number of rotatable bonds is 14. The molecule has 41 heavy (non-hydrogen) atoms. The fourth-order valence-electron chi connectivity index (χ4n) is 4.57. The summed E-state index contributed by atoms with van der Waals surface area (Å²) in [7, 11) is -3.57. The lowest BCUT2D eigenvalue weighted by molar-refractivity contribution is -0.141. The van der Waals surface area contributed by atoms with Crippen LogP contribution in [-0.4, -0.2) is 50.5 Å². The topological polar surface area (TPSA) is 86.8 Å². The van der Waals surface area contributed by atoms with E-state index in [9.17, 15) is 18.0 Å². The number of amides is 2. The molecule has 220 valence electrons. The predicted molar refractivity (Wildman–Crippen MR) is 166 cm³/mol. The molecule has 3 aromatic rings. The molecule has 0 saturated carbocycles. The summed E-state index contributed by atoms with van der Waals surface area (Å²) in [5.74, 6) is -0.239. The molecule has 3 rings (SSSR count). The molecule has 2 amide bonds. The van der Waals surface area contributed by atoms with Crippen LogP contribution in [0.5, 0.6) is 0 Å². The number of aryl methyl sites for hydroxylation is 1. The Hall–Kier alpha value is -3.36. The van der Waals surface area contributed by atoms with Crippen molar-refractivity contribution in [1.82, 2.24) is 10.2 Å². The summed E-state index contributed by atoms with van der Waals surface area (Å²) in [6, 6.07) is 23.4. The highest BCUT2D eigenvalue weighted by Crippen LogP contribution is 2.23. The molecule has 0 saturated heterocycles. The Balaban J connectivity index is 1.89. The lowest BCUT2D eigenvalue weighted by atomic mass is 10.0. The van der Waals surface area contributed by atoms with Gasteiger partial charge in [0.2, 0.25) is 21.8 Å². The molecule has 9 heteroatoms. The summed E-state index contributed by atoms with van der Waals surface area (Å²) < 4.78 is 26.6. The van der Waals surface area contributed by atoms with Gasteiger partial charge in [0.25, 0.3) is 0 Å². The number of halogens is 1. The summed E-state index contributed by atoms with van der Waals surface area (Å²) in [5, 5.41) is 3.51. The Kier molecular flexibility index (Phi) is 11.8. The van der Waals surface area contributed by atoms with Crippen molar-refractivity contribution in [1.29, 1.82) is 0 Å². The van der Waals surface area contributed by atoms with E-state index in [1.54, 1.807) is 17.0 Å². The Bertz CT molecular complexity index is 1410. The van der Waals surface area contributed by atoms with Gasteiger partial charge in [-0.05, 0) is 54.2 Å². The number of nitrogens with one attached hydrogen (secondary N) is 1. The Morgan fingerprint density at radius 3 is 2.27 bits per heavy atom. The summed E-state index contributed by atoms with van der Waals surface area (Å²) in [4.78, 5) is 29.1. The number of anilines is 1. The smallest absolute Gasteiger partial charge is 0.243 e. The van der Waals surface area contributed by atoms with E-state index >= 15 is 0 Å². The van der Waals surface area contributed by atoms with Crippen molar-refractivity contribution in [3.8, 4) is 0 Å². The minimum absolute atomic E-state index is 0.0606. The zero-order chi connectivity index (χ0) is 30.0. The third-order valence-corrected chi connectivity index (χ3v) is 8.26. The molecule has 0 radical (unpaired) electrons. The van der Waals surface area contributed by atoms with Crippen LogP contribution in [0.3, 0.4) is 0 Å². The quantitative estimate of drug-likeness (QED) is 0.262. The van der Waals surface area contributed by atoms with Gasteiger partial charge in [-0.25, -0.2) is 8.42 Å².